The van der Waals surface area contributed by atoms with Crippen molar-refractivity contribution in [2.24, 2.45) is 0 Å². The number of nitrogens with one attached hydrogen (secondary N) is 2. The van der Waals surface area contributed by atoms with E-state index in [1.165, 1.54) is 10.9 Å². The van der Waals surface area contributed by atoms with Crippen LogP contribution in [0.25, 0.3) is 11.0 Å². The highest BCUT2D eigenvalue weighted by Crippen LogP contribution is 2.15. The zero-order chi connectivity index (χ0) is 14.4. The van der Waals surface area contributed by atoms with E-state index < -0.39 is 0 Å². The lowest BCUT2D eigenvalue weighted by Crippen LogP contribution is -1.92. The van der Waals surface area contributed by atoms with Gasteiger partial charge in [-0.15, -0.1) is 0 Å². The summed E-state index contributed by atoms with van der Waals surface area (Å²) in [5.41, 5.74) is 4.53. The van der Waals surface area contributed by atoms with E-state index >= 15 is 0 Å². The molecule has 2 N–H and O–H groups in total. The number of H-pyrrole nitrogens is 2. The van der Waals surface area contributed by atoms with Gasteiger partial charge < -0.3 is 4.98 Å². The third kappa shape index (κ3) is 3.40. The molecule has 0 radical (unpaired) electrons. The summed E-state index contributed by atoms with van der Waals surface area (Å²) in [5, 5.41) is 8.10. The van der Waals surface area contributed by atoms with Crippen LogP contribution in [0.2, 0.25) is 0 Å². The molecule has 0 unspecified atom stereocenters. The highest BCUT2D eigenvalue weighted by molar-refractivity contribution is 5.76. The molecule has 20 heavy (non-hydrogen) atoms. The molecule has 0 aliphatic carbocycles. The highest BCUT2D eigenvalue weighted by atomic mass is 16.2. The fourth-order valence-electron chi connectivity index (χ4n) is 2.04. The summed E-state index contributed by atoms with van der Waals surface area (Å²) in [4.78, 5) is 23.9. The molecular weight excluding hydrogens is 256 g/mol. The van der Waals surface area contributed by atoms with Crippen LogP contribution in [-0.4, -0.2) is 26.3 Å². The van der Waals surface area contributed by atoms with Crippen LogP contribution in [-0.2, 0) is 22.4 Å². The molecule has 0 aliphatic heterocycles. The second-order valence-corrected chi connectivity index (χ2v) is 4.40. The van der Waals surface area contributed by atoms with Crippen molar-refractivity contribution in [2.75, 3.05) is 0 Å². The zero-order valence-corrected chi connectivity index (χ0v) is 11.0. The predicted octanol–water partition coefficient (Wildman–Crippen LogP) is 1.80. The Morgan fingerprint density at radius 1 is 1.25 bits per heavy atom. The highest BCUT2D eigenvalue weighted by Gasteiger charge is 2.02. The van der Waals surface area contributed by atoms with Gasteiger partial charge in [-0.05, 0) is 43.5 Å². The third-order valence-electron chi connectivity index (χ3n) is 2.90. The maximum absolute atomic E-state index is 8.12. The summed E-state index contributed by atoms with van der Waals surface area (Å²) in [6.45, 7) is 2.05. The van der Waals surface area contributed by atoms with E-state index in [0.717, 1.165) is 29.9 Å². The molecule has 3 aromatic heterocycles. The van der Waals surface area contributed by atoms with E-state index in [4.69, 9.17) is 9.59 Å². The normalized spacial score (nSPS) is 9.85. The Morgan fingerprint density at radius 2 is 2.05 bits per heavy atom. The minimum atomic E-state index is 0.250. The smallest absolute Gasteiger partial charge is 0.344 e. The molecule has 6 nitrogen and oxygen atoms in total. The number of aromatic amines is 2. The number of nitrogens with zero attached hydrogens (tertiary/aromatic N) is 2. The molecule has 0 saturated heterocycles. The van der Waals surface area contributed by atoms with Crippen LogP contribution >= 0.6 is 0 Å². The monoisotopic (exact) mass is 270 g/mol. The van der Waals surface area contributed by atoms with Gasteiger partial charge >= 0.3 is 6.15 Å². The van der Waals surface area contributed by atoms with Gasteiger partial charge in [-0.1, -0.05) is 0 Å². The SMILES string of the molecule is Cc1cc2cc(CCc3ccn[nH]3)cnc2[nH]1.O=C=O. The van der Waals surface area contributed by atoms with Crippen LogP contribution in [0.15, 0.2) is 30.6 Å². The maximum atomic E-state index is 8.12. The standard InChI is InChI=1S/C13H14N4.CO2/c1-9-6-11-7-10(8-14-13(11)16-9)2-3-12-4-5-15-17-12;2-1-3/h4-8H,2-3H2,1H3,(H,14,16)(H,15,17);. The average molecular weight is 270 g/mol. The third-order valence-corrected chi connectivity index (χ3v) is 2.90. The summed E-state index contributed by atoms with van der Waals surface area (Å²) >= 11 is 0. The summed E-state index contributed by atoms with van der Waals surface area (Å²) < 4.78 is 0. The van der Waals surface area contributed by atoms with Gasteiger partial charge in [0.2, 0.25) is 0 Å². The Bertz CT molecular complexity index is 710. The van der Waals surface area contributed by atoms with E-state index in [2.05, 4.69) is 32.3 Å². The summed E-state index contributed by atoms with van der Waals surface area (Å²) in [7, 11) is 0. The molecule has 0 aromatic carbocycles. The van der Waals surface area contributed by atoms with E-state index in [0.29, 0.717) is 0 Å². The molecule has 6 heteroatoms. The van der Waals surface area contributed by atoms with Gasteiger partial charge in [0, 0.05) is 29.2 Å². The second kappa shape index (κ2) is 6.45. The van der Waals surface area contributed by atoms with Gasteiger partial charge in [-0.25, -0.2) is 4.98 Å². The minimum absolute atomic E-state index is 0.250. The Morgan fingerprint density at radius 3 is 2.75 bits per heavy atom. The molecule has 0 aliphatic rings. The summed E-state index contributed by atoms with van der Waals surface area (Å²) in [6.07, 6.45) is 5.92. The van der Waals surface area contributed by atoms with Crippen molar-refractivity contribution in [2.45, 2.75) is 19.8 Å². The van der Waals surface area contributed by atoms with E-state index in [1.807, 2.05) is 19.2 Å². The fraction of sp³-hybridized carbons (Fsp3) is 0.214. The van der Waals surface area contributed by atoms with Crippen LogP contribution in [0.4, 0.5) is 0 Å². The Kier molecular flexibility index (Phi) is 4.42. The number of hydrogen-bond donors (Lipinski definition) is 2. The van der Waals surface area contributed by atoms with Crippen LogP contribution < -0.4 is 0 Å². The topological polar surface area (TPSA) is 91.5 Å². The van der Waals surface area contributed by atoms with Crippen molar-refractivity contribution in [1.82, 2.24) is 20.2 Å². The van der Waals surface area contributed by atoms with Crippen molar-refractivity contribution in [3.05, 3.63) is 47.5 Å². The number of hydrogen-bond acceptors (Lipinski definition) is 4. The van der Waals surface area contributed by atoms with Crippen LogP contribution in [0.5, 0.6) is 0 Å². The lowest BCUT2D eigenvalue weighted by Gasteiger charge is -1.99. The Balaban J connectivity index is 0.000000452. The number of fused-ring (bicyclic) bond motifs is 1. The van der Waals surface area contributed by atoms with Gasteiger partial charge in [-0.2, -0.15) is 14.7 Å². The van der Waals surface area contributed by atoms with Crippen molar-refractivity contribution < 1.29 is 9.59 Å². The molecule has 0 bridgehead atoms. The largest absolute Gasteiger partial charge is 0.373 e. The number of pyridine rings is 1. The first-order valence-electron chi connectivity index (χ1n) is 6.14. The number of aromatic nitrogens is 4. The first kappa shape index (κ1) is 13.7. The van der Waals surface area contributed by atoms with Crippen molar-refractivity contribution >= 4 is 17.2 Å². The summed E-state index contributed by atoms with van der Waals surface area (Å²) in [5.74, 6) is 0. The molecule has 0 spiro atoms. The number of carbonyl (C=O) groups excluding carboxylic acids is 2. The Hall–Kier alpha value is -2.72. The van der Waals surface area contributed by atoms with Crippen LogP contribution in [0, 0.1) is 6.92 Å². The first-order chi connectivity index (χ1) is 9.72. The predicted molar refractivity (Wildman–Crippen MR) is 71.8 cm³/mol. The van der Waals surface area contributed by atoms with Gasteiger partial charge in [0.25, 0.3) is 0 Å². The molecule has 3 heterocycles. The number of aryl methyl sites for hydroxylation is 3. The first-order valence-corrected chi connectivity index (χ1v) is 6.14. The zero-order valence-electron chi connectivity index (χ0n) is 11.0. The molecule has 0 fully saturated rings. The van der Waals surface area contributed by atoms with Crippen LogP contribution in [0.1, 0.15) is 17.0 Å². The van der Waals surface area contributed by atoms with Gasteiger partial charge in [-0.3, -0.25) is 5.10 Å². The molecule has 0 amide bonds. The van der Waals surface area contributed by atoms with Gasteiger partial charge in [0.05, 0.1) is 0 Å². The Labute approximate surface area is 115 Å². The maximum Gasteiger partial charge on any atom is 0.373 e. The fourth-order valence-corrected chi connectivity index (χ4v) is 2.04. The second-order valence-electron chi connectivity index (χ2n) is 4.40. The molecule has 3 aromatic rings. The van der Waals surface area contributed by atoms with Crippen molar-refractivity contribution in [1.29, 1.82) is 0 Å². The number of rotatable bonds is 3. The van der Waals surface area contributed by atoms with E-state index in [9.17, 15) is 0 Å². The molecule has 102 valence electrons. The van der Waals surface area contributed by atoms with Gasteiger partial charge in [0.1, 0.15) is 5.65 Å². The minimum Gasteiger partial charge on any atom is -0.344 e. The average Bonchev–Trinajstić information content (AvgIpc) is 3.04. The summed E-state index contributed by atoms with van der Waals surface area (Å²) in [6, 6.07) is 6.33. The molecule has 3 rings (SSSR count). The molecular formula is C14H14N4O2. The van der Waals surface area contributed by atoms with Crippen molar-refractivity contribution in [3.8, 4) is 0 Å². The van der Waals surface area contributed by atoms with Gasteiger partial charge in [0.15, 0.2) is 0 Å². The van der Waals surface area contributed by atoms with Crippen molar-refractivity contribution in [3.63, 3.8) is 0 Å². The van der Waals surface area contributed by atoms with Crippen LogP contribution in [0.3, 0.4) is 0 Å². The molecule has 0 atom stereocenters. The lowest BCUT2D eigenvalue weighted by molar-refractivity contribution is -0.191. The lowest BCUT2D eigenvalue weighted by atomic mass is 10.1. The molecule has 0 saturated carbocycles. The van der Waals surface area contributed by atoms with E-state index in [-0.39, 0.29) is 6.15 Å². The quantitative estimate of drug-likeness (QED) is 0.759. The van der Waals surface area contributed by atoms with E-state index in [1.54, 1.807) is 6.20 Å².